The number of nitrogens with one attached hydrogen (secondary N) is 1. The van der Waals surface area contributed by atoms with Crippen molar-refractivity contribution in [3.8, 4) is 5.75 Å². The lowest BCUT2D eigenvalue weighted by molar-refractivity contribution is -0.134. The summed E-state index contributed by atoms with van der Waals surface area (Å²) in [4.78, 5) is 21.7. The summed E-state index contributed by atoms with van der Waals surface area (Å²) < 4.78 is 5.13. The average molecular weight is 222 g/mol. The molecular weight excluding hydrogens is 208 g/mol. The number of ether oxygens (including phenoxy) is 1. The van der Waals surface area contributed by atoms with E-state index < -0.39 is 11.8 Å². The molecule has 0 unspecified atom stereocenters. The number of carbonyl (C=O) groups is 2. The molecule has 2 amide bonds. The van der Waals surface area contributed by atoms with Crippen LogP contribution in [-0.2, 0) is 9.59 Å². The Balaban J connectivity index is 3.02. The number of anilines is 1. The predicted molar refractivity (Wildman–Crippen MR) is 60.3 cm³/mol. The van der Waals surface area contributed by atoms with Gasteiger partial charge in [-0.25, -0.2) is 0 Å². The summed E-state index contributed by atoms with van der Waals surface area (Å²) in [6.45, 7) is 3.65. The third kappa shape index (κ3) is 2.50. The first-order valence-electron chi connectivity index (χ1n) is 4.71. The number of nitrogens with two attached hydrogens (primary N) is 1. The van der Waals surface area contributed by atoms with Crippen LogP contribution in [0.3, 0.4) is 0 Å². The molecule has 0 radical (unpaired) electrons. The Hall–Kier alpha value is -2.04. The first kappa shape index (κ1) is 12.0. The summed E-state index contributed by atoms with van der Waals surface area (Å²) in [5.74, 6) is -1.10. The quantitative estimate of drug-likeness (QED) is 0.724. The van der Waals surface area contributed by atoms with Gasteiger partial charge in [-0.2, -0.15) is 0 Å². The van der Waals surface area contributed by atoms with Gasteiger partial charge in [0, 0.05) is 5.69 Å². The minimum absolute atomic E-state index is 0.558. The van der Waals surface area contributed by atoms with E-state index in [4.69, 9.17) is 10.5 Å². The fraction of sp³-hybridized carbons (Fsp3) is 0.273. The molecule has 0 heterocycles. The van der Waals surface area contributed by atoms with Crippen molar-refractivity contribution >= 4 is 17.5 Å². The molecule has 5 nitrogen and oxygen atoms in total. The summed E-state index contributed by atoms with van der Waals surface area (Å²) in [7, 11) is 1.57. The highest BCUT2D eigenvalue weighted by atomic mass is 16.5. The number of hydrogen-bond acceptors (Lipinski definition) is 3. The van der Waals surface area contributed by atoms with Gasteiger partial charge in [-0.05, 0) is 37.1 Å². The van der Waals surface area contributed by atoms with E-state index in [0.717, 1.165) is 16.9 Å². The normalized spacial score (nSPS) is 9.69. The van der Waals surface area contributed by atoms with E-state index in [2.05, 4.69) is 5.32 Å². The fourth-order valence-electron chi connectivity index (χ4n) is 1.33. The summed E-state index contributed by atoms with van der Waals surface area (Å²) >= 11 is 0. The lowest BCUT2D eigenvalue weighted by atomic mass is 10.1. The topological polar surface area (TPSA) is 81.4 Å². The van der Waals surface area contributed by atoms with E-state index in [1.807, 2.05) is 6.92 Å². The first-order chi connectivity index (χ1) is 7.45. The number of rotatable bonds is 2. The molecule has 0 bridgehead atoms. The molecule has 0 saturated heterocycles. The maximum absolute atomic E-state index is 11.1. The highest BCUT2D eigenvalue weighted by Gasteiger charge is 2.11. The third-order valence-corrected chi connectivity index (χ3v) is 2.21. The fourth-order valence-corrected chi connectivity index (χ4v) is 1.33. The second kappa shape index (κ2) is 4.65. The molecule has 1 rings (SSSR count). The van der Waals surface area contributed by atoms with Crippen LogP contribution >= 0.6 is 0 Å². The molecule has 0 aliphatic heterocycles. The Labute approximate surface area is 93.6 Å². The van der Waals surface area contributed by atoms with E-state index >= 15 is 0 Å². The van der Waals surface area contributed by atoms with Crippen molar-refractivity contribution in [2.45, 2.75) is 13.8 Å². The Morgan fingerprint density at radius 3 is 2.38 bits per heavy atom. The zero-order chi connectivity index (χ0) is 12.3. The lowest BCUT2D eigenvalue weighted by Crippen LogP contribution is -2.29. The van der Waals surface area contributed by atoms with Gasteiger partial charge in [0.15, 0.2) is 0 Å². The van der Waals surface area contributed by atoms with E-state index in [9.17, 15) is 9.59 Å². The maximum Gasteiger partial charge on any atom is 0.313 e. The SMILES string of the molecule is COc1cc(C)c(NC(=O)C(N)=O)cc1C. The van der Waals surface area contributed by atoms with Crippen LogP contribution < -0.4 is 15.8 Å². The molecule has 0 aliphatic rings. The molecule has 0 fully saturated rings. The van der Waals surface area contributed by atoms with Gasteiger partial charge < -0.3 is 15.8 Å². The molecule has 0 aliphatic carbocycles. The van der Waals surface area contributed by atoms with Crippen molar-refractivity contribution in [1.82, 2.24) is 0 Å². The van der Waals surface area contributed by atoms with Crippen LogP contribution in [0, 0.1) is 13.8 Å². The van der Waals surface area contributed by atoms with E-state index in [1.54, 1.807) is 26.2 Å². The van der Waals surface area contributed by atoms with E-state index in [0.29, 0.717) is 5.69 Å². The molecule has 1 aromatic rings. The molecule has 0 aromatic heterocycles. The summed E-state index contributed by atoms with van der Waals surface area (Å²) in [6, 6.07) is 3.51. The van der Waals surface area contributed by atoms with Crippen LogP contribution in [-0.4, -0.2) is 18.9 Å². The number of aryl methyl sites for hydroxylation is 2. The molecule has 16 heavy (non-hydrogen) atoms. The number of primary amides is 1. The van der Waals surface area contributed by atoms with Crippen LogP contribution in [0.15, 0.2) is 12.1 Å². The van der Waals surface area contributed by atoms with Gasteiger partial charge in [-0.3, -0.25) is 9.59 Å². The van der Waals surface area contributed by atoms with Crippen molar-refractivity contribution < 1.29 is 14.3 Å². The van der Waals surface area contributed by atoms with Gasteiger partial charge in [0.1, 0.15) is 5.75 Å². The molecule has 1 aromatic carbocycles. The van der Waals surface area contributed by atoms with Crippen LogP contribution in [0.25, 0.3) is 0 Å². The minimum Gasteiger partial charge on any atom is -0.496 e. The molecule has 0 saturated carbocycles. The highest BCUT2D eigenvalue weighted by Crippen LogP contribution is 2.25. The number of methoxy groups -OCH3 is 1. The second-order valence-corrected chi connectivity index (χ2v) is 3.46. The van der Waals surface area contributed by atoms with Crippen LogP contribution in [0.4, 0.5) is 5.69 Å². The smallest absolute Gasteiger partial charge is 0.313 e. The molecule has 3 N–H and O–H groups in total. The standard InChI is InChI=1S/C11H14N2O3/c1-6-5-9(16-3)7(2)4-8(6)13-11(15)10(12)14/h4-5H,1-3H3,(H2,12,14)(H,13,15). The van der Waals surface area contributed by atoms with Crippen LogP contribution in [0.5, 0.6) is 5.75 Å². The van der Waals surface area contributed by atoms with Crippen LogP contribution in [0.1, 0.15) is 11.1 Å². The van der Waals surface area contributed by atoms with Crippen molar-refractivity contribution in [1.29, 1.82) is 0 Å². The second-order valence-electron chi connectivity index (χ2n) is 3.46. The average Bonchev–Trinajstić information content (AvgIpc) is 2.22. The first-order valence-corrected chi connectivity index (χ1v) is 4.71. The molecular formula is C11H14N2O3. The zero-order valence-electron chi connectivity index (χ0n) is 9.46. The van der Waals surface area contributed by atoms with Gasteiger partial charge in [-0.1, -0.05) is 0 Å². The van der Waals surface area contributed by atoms with Crippen molar-refractivity contribution in [2.75, 3.05) is 12.4 Å². The summed E-state index contributed by atoms with van der Waals surface area (Å²) in [5.41, 5.74) is 7.08. The Kier molecular flexibility index (Phi) is 3.50. The maximum atomic E-state index is 11.1. The van der Waals surface area contributed by atoms with Gasteiger partial charge in [0.2, 0.25) is 0 Å². The molecule has 86 valence electrons. The molecule has 0 atom stereocenters. The summed E-state index contributed by atoms with van der Waals surface area (Å²) in [5, 5.41) is 2.43. The van der Waals surface area contributed by atoms with Crippen LogP contribution in [0.2, 0.25) is 0 Å². The third-order valence-electron chi connectivity index (χ3n) is 2.21. The Morgan fingerprint density at radius 2 is 1.88 bits per heavy atom. The summed E-state index contributed by atoms with van der Waals surface area (Å²) in [6.07, 6.45) is 0. The van der Waals surface area contributed by atoms with Gasteiger partial charge in [0.05, 0.1) is 7.11 Å². The predicted octanol–water partition coefficient (Wildman–Crippen LogP) is 0.736. The number of hydrogen-bond donors (Lipinski definition) is 2. The Morgan fingerprint density at radius 1 is 1.25 bits per heavy atom. The number of benzene rings is 1. The number of amides is 2. The number of carbonyl (C=O) groups excluding carboxylic acids is 2. The van der Waals surface area contributed by atoms with Gasteiger partial charge in [-0.15, -0.1) is 0 Å². The Bertz CT molecular complexity index is 441. The molecule has 0 spiro atoms. The molecule has 5 heteroatoms. The monoisotopic (exact) mass is 222 g/mol. The van der Waals surface area contributed by atoms with E-state index in [-0.39, 0.29) is 0 Å². The van der Waals surface area contributed by atoms with Crippen molar-refractivity contribution in [2.24, 2.45) is 5.73 Å². The van der Waals surface area contributed by atoms with Gasteiger partial charge in [0.25, 0.3) is 0 Å². The zero-order valence-corrected chi connectivity index (χ0v) is 9.46. The van der Waals surface area contributed by atoms with Crippen molar-refractivity contribution in [3.05, 3.63) is 23.3 Å². The largest absolute Gasteiger partial charge is 0.496 e. The highest BCUT2D eigenvalue weighted by molar-refractivity contribution is 6.39. The minimum atomic E-state index is -1.01. The van der Waals surface area contributed by atoms with Crippen molar-refractivity contribution in [3.63, 3.8) is 0 Å². The lowest BCUT2D eigenvalue weighted by Gasteiger charge is -2.11. The van der Waals surface area contributed by atoms with E-state index in [1.165, 1.54) is 0 Å². The van der Waals surface area contributed by atoms with Gasteiger partial charge >= 0.3 is 11.8 Å².